The van der Waals surface area contributed by atoms with Crippen LogP contribution in [0.3, 0.4) is 0 Å². The van der Waals surface area contributed by atoms with E-state index in [1.807, 2.05) is 37.4 Å². The second-order valence-corrected chi connectivity index (χ2v) is 6.07. The van der Waals surface area contributed by atoms with Crippen molar-refractivity contribution in [2.24, 2.45) is 7.05 Å². The lowest BCUT2D eigenvalue weighted by atomic mass is 10.1. The summed E-state index contributed by atoms with van der Waals surface area (Å²) in [6, 6.07) is 9.74. The van der Waals surface area contributed by atoms with Crippen LogP contribution in [0, 0.1) is 0 Å². The van der Waals surface area contributed by atoms with Crippen molar-refractivity contribution in [2.75, 3.05) is 7.11 Å². The van der Waals surface area contributed by atoms with Gasteiger partial charge in [-0.25, -0.2) is 9.97 Å². The van der Waals surface area contributed by atoms with E-state index in [9.17, 15) is 0 Å². The molecule has 120 valence electrons. The number of hydrogen-bond donors (Lipinski definition) is 1. The van der Waals surface area contributed by atoms with E-state index in [-0.39, 0.29) is 0 Å². The predicted octanol–water partition coefficient (Wildman–Crippen LogP) is 3.00. The molecule has 1 N–H and O–H groups in total. The van der Waals surface area contributed by atoms with Gasteiger partial charge in [-0.15, -0.1) is 11.3 Å². The van der Waals surface area contributed by atoms with Crippen LogP contribution in [0.25, 0.3) is 32.7 Å². The molecule has 0 amide bonds. The van der Waals surface area contributed by atoms with Gasteiger partial charge >= 0.3 is 0 Å². The molecule has 0 saturated carbocycles. The van der Waals surface area contributed by atoms with Crippen molar-refractivity contribution in [3.63, 3.8) is 0 Å². The largest absolute Gasteiger partial charge is 0.496 e. The van der Waals surface area contributed by atoms with E-state index in [1.54, 1.807) is 29.3 Å². The summed E-state index contributed by atoms with van der Waals surface area (Å²) >= 11 is 1.54. The number of hydrogen-bond acceptors (Lipinski definition) is 6. The van der Waals surface area contributed by atoms with E-state index in [2.05, 4.69) is 20.3 Å². The Balaban J connectivity index is 1.95. The summed E-state index contributed by atoms with van der Waals surface area (Å²) in [5.41, 5.74) is 2.67. The molecule has 8 heteroatoms. The number of thiazole rings is 1. The minimum absolute atomic E-state index is 0.682. The summed E-state index contributed by atoms with van der Waals surface area (Å²) in [5, 5.41) is 12.0. The number of aromatic amines is 1. The molecule has 0 radical (unpaired) electrons. The standard InChI is InChI=1S/C16H14N6OS/c1-22-11(7-8-19-22)16-20-13(10-5-3-4-6-12(10)23-2)14(24-16)15-17-9-18-21-15/h3-9H,1-2H3,(H,17,18,21). The van der Waals surface area contributed by atoms with Gasteiger partial charge in [0.25, 0.3) is 0 Å². The van der Waals surface area contributed by atoms with Crippen molar-refractivity contribution in [1.82, 2.24) is 29.9 Å². The van der Waals surface area contributed by atoms with Crippen molar-refractivity contribution in [2.45, 2.75) is 0 Å². The van der Waals surface area contributed by atoms with Crippen LogP contribution >= 0.6 is 11.3 Å². The van der Waals surface area contributed by atoms with Crippen molar-refractivity contribution in [1.29, 1.82) is 0 Å². The van der Waals surface area contributed by atoms with E-state index in [0.717, 1.165) is 32.6 Å². The van der Waals surface area contributed by atoms with Gasteiger partial charge < -0.3 is 4.74 Å². The Kier molecular flexibility index (Phi) is 3.58. The SMILES string of the molecule is COc1ccccc1-c1nc(-c2ccnn2C)sc1-c1ncn[nH]1. The molecule has 4 aromatic rings. The summed E-state index contributed by atoms with van der Waals surface area (Å²) in [5.74, 6) is 1.45. The highest BCUT2D eigenvalue weighted by atomic mass is 32.1. The Morgan fingerprint density at radius 3 is 2.79 bits per heavy atom. The Bertz CT molecular complexity index is 972. The first-order chi connectivity index (χ1) is 11.8. The average molecular weight is 338 g/mol. The van der Waals surface area contributed by atoms with E-state index >= 15 is 0 Å². The fraction of sp³-hybridized carbons (Fsp3) is 0.125. The van der Waals surface area contributed by atoms with E-state index in [0.29, 0.717) is 5.82 Å². The van der Waals surface area contributed by atoms with Crippen LogP contribution in [0.5, 0.6) is 5.75 Å². The Hall–Kier alpha value is -3.00. The fourth-order valence-electron chi connectivity index (χ4n) is 2.51. The molecule has 0 bridgehead atoms. The summed E-state index contributed by atoms with van der Waals surface area (Å²) in [6.45, 7) is 0. The monoisotopic (exact) mass is 338 g/mol. The lowest BCUT2D eigenvalue weighted by molar-refractivity contribution is 0.416. The molecule has 0 aliphatic heterocycles. The molecule has 24 heavy (non-hydrogen) atoms. The molecule has 4 rings (SSSR count). The Morgan fingerprint density at radius 1 is 1.21 bits per heavy atom. The molecular weight excluding hydrogens is 324 g/mol. The average Bonchev–Trinajstić information content (AvgIpc) is 3.34. The van der Waals surface area contributed by atoms with Crippen LogP contribution < -0.4 is 4.74 Å². The number of aryl methyl sites for hydroxylation is 1. The molecule has 0 atom stereocenters. The second-order valence-electron chi connectivity index (χ2n) is 5.07. The summed E-state index contributed by atoms with van der Waals surface area (Å²) in [7, 11) is 3.55. The van der Waals surface area contributed by atoms with Crippen LogP contribution in [-0.4, -0.2) is 37.1 Å². The number of ether oxygens (including phenoxy) is 1. The quantitative estimate of drug-likeness (QED) is 0.618. The van der Waals surface area contributed by atoms with Gasteiger partial charge in [-0.05, 0) is 18.2 Å². The predicted molar refractivity (Wildman–Crippen MR) is 91.7 cm³/mol. The summed E-state index contributed by atoms with van der Waals surface area (Å²) < 4.78 is 7.30. The summed E-state index contributed by atoms with van der Waals surface area (Å²) in [4.78, 5) is 10.0. The number of para-hydroxylation sites is 1. The number of H-pyrrole nitrogens is 1. The van der Waals surface area contributed by atoms with Gasteiger partial charge in [0, 0.05) is 18.8 Å². The first-order valence-electron chi connectivity index (χ1n) is 7.26. The zero-order chi connectivity index (χ0) is 16.5. The Morgan fingerprint density at radius 2 is 2.08 bits per heavy atom. The number of aromatic nitrogens is 6. The zero-order valence-electron chi connectivity index (χ0n) is 13.1. The number of nitrogens with one attached hydrogen (secondary N) is 1. The van der Waals surface area contributed by atoms with Crippen molar-refractivity contribution >= 4 is 11.3 Å². The highest BCUT2D eigenvalue weighted by molar-refractivity contribution is 7.18. The van der Waals surface area contributed by atoms with Gasteiger partial charge in [0.15, 0.2) is 5.82 Å². The van der Waals surface area contributed by atoms with Crippen LogP contribution in [-0.2, 0) is 7.05 Å². The Labute approximate surface area is 142 Å². The minimum atomic E-state index is 0.682. The molecule has 0 unspecified atom stereocenters. The second kappa shape index (κ2) is 5.89. The number of nitrogens with zero attached hydrogens (tertiary/aromatic N) is 5. The van der Waals surface area contributed by atoms with Crippen LogP contribution in [0.2, 0.25) is 0 Å². The van der Waals surface area contributed by atoms with Gasteiger partial charge in [-0.2, -0.15) is 10.2 Å². The maximum atomic E-state index is 5.50. The third kappa shape index (κ3) is 2.37. The maximum Gasteiger partial charge on any atom is 0.167 e. The van der Waals surface area contributed by atoms with Crippen molar-refractivity contribution in [3.05, 3.63) is 42.9 Å². The molecule has 0 aliphatic carbocycles. The minimum Gasteiger partial charge on any atom is -0.496 e. The molecule has 0 fully saturated rings. The first kappa shape index (κ1) is 14.6. The summed E-state index contributed by atoms with van der Waals surface area (Å²) in [6.07, 6.45) is 3.25. The third-order valence-electron chi connectivity index (χ3n) is 3.66. The van der Waals surface area contributed by atoms with Crippen LogP contribution in [0.15, 0.2) is 42.9 Å². The van der Waals surface area contributed by atoms with E-state index in [4.69, 9.17) is 9.72 Å². The van der Waals surface area contributed by atoms with E-state index in [1.165, 1.54) is 6.33 Å². The zero-order valence-corrected chi connectivity index (χ0v) is 13.9. The fourth-order valence-corrected chi connectivity index (χ4v) is 3.59. The topological polar surface area (TPSA) is 81.5 Å². The lowest BCUT2D eigenvalue weighted by Gasteiger charge is -2.06. The molecule has 0 spiro atoms. The highest BCUT2D eigenvalue weighted by Crippen LogP contribution is 2.41. The third-order valence-corrected chi connectivity index (χ3v) is 4.74. The highest BCUT2D eigenvalue weighted by Gasteiger charge is 2.21. The smallest absolute Gasteiger partial charge is 0.167 e. The van der Waals surface area contributed by atoms with E-state index < -0.39 is 0 Å². The van der Waals surface area contributed by atoms with Crippen molar-refractivity contribution < 1.29 is 4.74 Å². The van der Waals surface area contributed by atoms with Crippen LogP contribution in [0.4, 0.5) is 0 Å². The van der Waals surface area contributed by atoms with Gasteiger partial charge in [0.05, 0.1) is 23.4 Å². The number of methoxy groups -OCH3 is 1. The number of rotatable bonds is 4. The maximum absolute atomic E-state index is 5.50. The molecule has 3 heterocycles. The molecule has 7 nitrogen and oxygen atoms in total. The number of benzene rings is 1. The molecule has 0 saturated heterocycles. The van der Waals surface area contributed by atoms with Gasteiger partial charge in [0.1, 0.15) is 17.1 Å². The molecule has 3 aromatic heterocycles. The van der Waals surface area contributed by atoms with Gasteiger partial charge in [0.2, 0.25) is 0 Å². The van der Waals surface area contributed by atoms with Crippen LogP contribution in [0.1, 0.15) is 0 Å². The van der Waals surface area contributed by atoms with Crippen molar-refractivity contribution in [3.8, 4) is 38.4 Å². The normalized spacial score (nSPS) is 10.9. The lowest BCUT2D eigenvalue weighted by Crippen LogP contribution is -1.93. The van der Waals surface area contributed by atoms with Gasteiger partial charge in [-0.1, -0.05) is 12.1 Å². The molecular formula is C16H14N6OS. The van der Waals surface area contributed by atoms with Gasteiger partial charge in [-0.3, -0.25) is 9.78 Å². The first-order valence-corrected chi connectivity index (χ1v) is 8.08. The molecule has 1 aromatic carbocycles. The molecule has 0 aliphatic rings.